The molecule has 4 rings (SSSR count). The van der Waals surface area contributed by atoms with Crippen LogP contribution in [0.4, 0.5) is 0 Å². The molecule has 1 saturated heterocycles. The van der Waals surface area contributed by atoms with Gasteiger partial charge in [-0.1, -0.05) is 41.6 Å². The molecule has 0 spiro atoms. The number of amides is 1. The lowest BCUT2D eigenvalue weighted by atomic mass is 10.0. The first-order valence-electron chi connectivity index (χ1n) is 10.7. The van der Waals surface area contributed by atoms with Crippen molar-refractivity contribution in [3.8, 4) is 0 Å². The molecule has 0 bridgehead atoms. The molecule has 160 valence electrons. The van der Waals surface area contributed by atoms with Crippen molar-refractivity contribution >= 4 is 29.3 Å². The van der Waals surface area contributed by atoms with Crippen molar-refractivity contribution in [1.82, 2.24) is 0 Å². The Kier molecular flexibility index (Phi) is 7.33. The van der Waals surface area contributed by atoms with Gasteiger partial charge in [-0.2, -0.15) is 0 Å². The minimum absolute atomic E-state index is 0.0512. The van der Waals surface area contributed by atoms with Crippen molar-refractivity contribution in [3.05, 3.63) is 58.6 Å². The molecule has 1 amide bonds. The number of halogens is 1. The molecular weight excluding hydrogens is 418 g/mol. The van der Waals surface area contributed by atoms with E-state index in [4.69, 9.17) is 22.1 Å². The molecule has 0 aromatic heterocycles. The highest BCUT2D eigenvalue weighted by molar-refractivity contribution is 7.99. The summed E-state index contributed by atoms with van der Waals surface area (Å²) < 4.78 is 6.45. The number of benzene rings is 2. The Hall–Kier alpha value is -1.57. The maximum absolute atomic E-state index is 11.0. The predicted molar refractivity (Wildman–Crippen MR) is 119 cm³/mol. The number of nitrogens with two attached hydrogens (primary N) is 1. The van der Waals surface area contributed by atoms with Crippen LogP contribution in [0.1, 0.15) is 23.7 Å². The third kappa shape index (κ3) is 5.56. The van der Waals surface area contributed by atoms with Gasteiger partial charge in [-0.15, -0.1) is 0 Å². The van der Waals surface area contributed by atoms with Crippen molar-refractivity contribution in [2.45, 2.75) is 28.7 Å². The fourth-order valence-electron chi connectivity index (χ4n) is 4.33. The molecule has 5 nitrogen and oxygen atoms in total. The third-order valence-electron chi connectivity index (χ3n) is 6.08. The molecule has 1 fully saturated rings. The van der Waals surface area contributed by atoms with Gasteiger partial charge in [0.25, 0.3) is 0 Å². The van der Waals surface area contributed by atoms with E-state index in [1.54, 1.807) is 16.7 Å². The average Bonchev–Trinajstić information content (AvgIpc) is 2.89. The second-order valence-electron chi connectivity index (χ2n) is 8.17. The summed E-state index contributed by atoms with van der Waals surface area (Å²) in [5.41, 5.74) is 7.80. The summed E-state index contributed by atoms with van der Waals surface area (Å²) >= 11 is 8.07. The first-order chi connectivity index (χ1) is 14.6. The molecule has 0 saturated carbocycles. The number of nitrogens with one attached hydrogen (secondary N) is 2. The van der Waals surface area contributed by atoms with E-state index in [0.717, 1.165) is 57.3 Å². The van der Waals surface area contributed by atoms with E-state index in [-0.39, 0.29) is 12.0 Å². The molecule has 4 N–H and O–H groups in total. The van der Waals surface area contributed by atoms with Crippen LogP contribution in [0.2, 0.25) is 5.02 Å². The second-order valence-corrected chi connectivity index (χ2v) is 9.69. The van der Waals surface area contributed by atoms with Crippen LogP contribution in [-0.2, 0) is 16.0 Å². The number of carbonyl (C=O) groups excluding carboxylic acids is 1. The van der Waals surface area contributed by atoms with Crippen molar-refractivity contribution in [2.75, 3.05) is 45.9 Å². The Balaban J connectivity index is 1.33. The van der Waals surface area contributed by atoms with Gasteiger partial charge in [0, 0.05) is 21.2 Å². The van der Waals surface area contributed by atoms with Gasteiger partial charge >= 0.3 is 0 Å². The fourth-order valence-corrected chi connectivity index (χ4v) is 5.63. The van der Waals surface area contributed by atoms with Crippen LogP contribution in [0.5, 0.6) is 0 Å². The van der Waals surface area contributed by atoms with Crippen LogP contribution in [0.3, 0.4) is 0 Å². The Labute approximate surface area is 187 Å². The first-order valence-corrected chi connectivity index (χ1v) is 11.9. The zero-order chi connectivity index (χ0) is 20.9. The Morgan fingerprint density at radius 3 is 2.57 bits per heavy atom. The molecule has 7 heteroatoms. The van der Waals surface area contributed by atoms with E-state index in [1.807, 2.05) is 6.07 Å². The van der Waals surface area contributed by atoms with Gasteiger partial charge in [0.05, 0.1) is 25.7 Å². The number of carbonyl (C=O) groups is 1. The van der Waals surface area contributed by atoms with Gasteiger partial charge in [-0.05, 0) is 35.4 Å². The average molecular weight is 448 g/mol. The molecule has 0 unspecified atom stereocenters. The van der Waals surface area contributed by atoms with E-state index >= 15 is 0 Å². The Bertz CT molecular complexity index is 887. The lowest BCUT2D eigenvalue weighted by molar-refractivity contribution is -1.01. The zero-order valence-corrected chi connectivity index (χ0v) is 18.7. The topological polar surface area (TPSA) is 61.2 Å². The highest BCUT2D eigenvalue weighted by Gasteiger charge is 2.26. The van der Waals surface area contributed by atoms with Crippen molar-refractivity contribution in [1.29, 1.82) is 0 Å². The van der Waals surface area contributed by atoms with Gasteiger partial charge in [-0.25, -0.2) is 0 Å². The minimum atomic E-state index is -0.199. The number of hydrogen-bond donors (Lipinski definition) is 3. The standard InChI is InChI=1S/C23H28ClN3O2S/c24-18-5-6-21-17(15-18)16-20(19-3-1-2-4-22(19)30-21)29-14-13-27-11-9-26(10-12-27)8-7-23(25)28/h1-6,15,20H,7-14,16H2,(H2,25,28)/p+2/t20-/m0/s1. The van der Waals surface area contributed by atoms with Crippen LogP contribution < -0.4 is 15.5 Å². The Morgan fingerprint density at radius 2 is 1.80 bits per heavy atom. The quantitative estimate of drug-likeness (QED) is 0.587. The highest BCUT2D eigenvalue weighted by atomic mass is 35.5. The Morgan fingerprint density at radius 1 is 1.07 bits per heavy atom. The van der Waals surface area contributed by atoms with Crippen molar-refractivity contribution < 1.29 is 19.3 Å². The van der Waals surface area contributed by atoms with Crippen molar-refractivity contribution in [3.63, 3.8) is 0 Å². The van der Waals surface area contributed by atoms with Gasteiger partial charge in [-0.3, -0.25) is 4.79 Å². The van der Waals surface area contributed by atoms with E-state index in [9.17, 15) is 4.79 Å². The molecule has 2 heterocycles. The summed E-state index contributed by atoms with van der Waals surface area (Å²) in [6.07, 6.45) is 1.38. The van der Waals surface area contributed by atoms with Crippen LogP contribution in [0, 0.1) is 0 Å². The maximum atomic E-state index is 11.0. The number of quaternary nitrogens is 2. The summed E-state index contributed by atoms with van der Waals surface area (Å²) in [7, 11) is 0. The van der Waals surface area contributed by atoms with E-state index in [1.165, 1.54) is 25.8 Å². The summed E-state index contributed by atoms with van der Waals surface area (Å²) in [6.45, 7) is 7.04. The van der Waals surface area contributed by atoms with Crippen LogP contribution in [-0.4, -0.2) is 51.8 Å². The smallest absolute Gasteiger partial charge is 0.223 e. The normalized spacial score (nSPS) is 23.3. The zero-order valence-electron chi connectivity index (χ0n) is 17.2. The number of hydrogen-bond acceptors (Lipinski definition) is 3. The minimum Gasteiger partial charge on any atom is -0.369 e. The summed E-state index contributed by atoms with van der Waals surface area (Å²) in [4.78, 5) is 16.6. The maximum Gasteiger partial charge on any atom is 0.223 e. The molecule has 1 atom stereocenters. The van der Waals surface area contributed by atoms with Gasteiger partial charge in [0.15, 0.2) is 0 Å². The molecule has 0 radical (unpaired) electrons. The SMILES string of the molecule is NC(=O)CC[NH+]1CC[NH+](CCO[C@H]2Cc3cc(Cl)ccc3Sc3ccccc32)CC1. The molecule has 2 aromatic carbocycles. The molecule has 0 aliphatic carbocycles. The number of primary amides is 1. The lowest BCUT2D eigenvalue weighted by Gasteiger charge is -2.30. The fraction of sp³-hybridized carbons (Fsp3) is 0.435. The van der Waals surface area contributed by atoms with E-state index < -0.39 is 0 Å². The van der Waals surface area contributed by atoms with Crippen LogP contribution >= 0.6 is 23.4 Å². The monoisotopic (exact) mass is 447 g/mol. The van der Waals surface area contributed by atoms with E-state index in [0.29, 0.717) is 6.42 Å². The van der Waals surface area contributed by atoms with Crippen molar-refractivity contribution in [2.24, 2.45) is 5.73 Å². The molecular formula is C23H30ClN3O2S+2. The first kappa shape index (κ1) is 21.7. The number of rotatable bonds is 7. The molecule has 2 aliphatic rings. The van der Waals surface area contributed by atoms with Gasteiger partial charge < -0.3 is 20.3 Å². The number of fused-ring (bicyclic) bond motifs is 2. The summed E-state index contributed by atoms with van der Waals surface area (Å²) in [6, 6.07) is 14.7. The molecule has 30 heavy (non-hydrogen) atoms. The summed E-state index contributed by atoms with van der Waals surface area (Å²) in [5, 5.41) is 0.778. The van der Waals surface area contributed by atoms with Gasteiger partial charge in [0.2, 0.25) is 5.91 Å². The van der Waals surface area contributed by atoms with E-state index in [2.05, 4.69) is 36.4 Å². The van der Waals surface area contributed by atoms with Gasteiger partial charge in [0.1, 0.15) is 32.7 Å². The molecule has 2 aromatic rings. The van der Waals surface area contributed by atoms with Crippen LogP contribution in [0.15, 0.2) is 52.3 Å². The van der Waals surface area contributed by atoms with Crippen LogP contribution in [0.25, 0.3) is 0 Å². The highest BCUT2D eigenvalue weighted by Crippen LogP contribution is 2.42. The number of ether oxygens (including phenoxy) is 1. The largest absolute Gasteiger partial charge is 0.369 e. The lowest BCUT2D eigenvalue weighted by Crippen LogP contribution is -3.28. The number of piperazine rings is 1. The third-order valence-corrected chi connectivity index (χ3v) is 7.52. The molecule has 2 aliphatic heterocycles. The predicted octanol–water partition coefficient (Wildman–Crippen LogP) is 0.764. The summed E-state index contributed by atoms with van der Waals surface area (Å²) in [5.74, 6) is -0.199. The second kappa shape index (κ2) is 10.2.